The molecule has 0 unspecified atom stereocenters. The molecule has 6 heteroatoms. The van der Waals surface area contributed by atoms with Crippen molar-refractivity contribution in [2.24, 2.45) is 0 Å². The molecule has 1 heterocycles. The maximum Gasteiger partial charge on any atom is 0.320 e. The van der Waals surface area contributed by atoms with Crippen molar-refractivity contribution in [1.29, 1.82) is 0 Å². The fraction of sp³-hybridized carbons (Fsp3) is 0.238. The summed E-state index contributed by atoms with van der Waals surface area (Å²) in [5, 5.41) is 17.4. The summed E-state index contributed by atoms with van der Waals surface area (Å²) in [7, 11) is 0. The monoisotopic (exact) mass is 381 g/mol. The van der Waals surface area contributed by atoms with Gasteiger partial charge >= 0.3 is 5.97 Å². The summed E-state index contributed by atoms with van der Waals surface area (Å²) in [6.07, 6.45) is 4.54. The molecule has 1 aromatic heterocycles. The standard InChI is InChI=1S/C21H23N3O2S/c1-27-13-12-19(21(25)26)22-14-17-15-24(18-10-6-3-7-11-18)23-20(17)16-8-4-2-5-9-16/h2-11,15,19,22H,12-14H2,1H3,(H,25,26)/t19-/m0/s1. The molecular formula is C21H23N3O2S. The van der Waals surface area contributed by atoms with Crippen LogP contribution in [0.15, 0.2) is 66.9 Å². The molecule has 1 atom stereocenters. The highest BCUT2D eigenvalue weighted by atomic mass is 32.2. The van der Waals surface area contributed by atoms with Crippen LogP contribution >= 0.6 is 11.8 Å². The third-order valence-electron chi connectivity index (χ3n) is 4.31. The van der Waals surface area contributed by atoms with Crippen LogP contribution in [0.1, 0.15) is 12.0 Å². The molecule has 0 spiro atoms. The maximum atomic E-state index is 11.5. The Balaban J connectivity index is 1.88. The van der Waals surface area contributed by atoms with Crippen molar-refractivity contribution in [2.75, 3.05) is 12.0 Å². The zero-order valence-corrected chi connectivity index (χ0v) is 16.0. The molecule has 5 nitrogen and oxygen atoms in total. The number of thioether (sulfide) groups is 1. The number of aromatic nitrogens is 2. The first-order valence-electron chi connectivity index (χ1n) is 8.83. The second-order valence-corrected chi connectivity index (χ2v) is 7.19. The normalized spacial score (nSPS) is 12.0. The van der Waals surface area contributed by atoms with E-state index >= 15 is 0 Å². The molecule has 2 aromatic carbocycles. The van der Waals surface area contributed by atoms with Crippen molar-refractivity contribution in [3.63, 3.8) is 0 Å². The lowest BCUT2D eigenvalue weighted by Gasteiger charge is -2.13. The van der Waals surface area contributed by atoms with Crippen LogP contribution in [-0.4, -0.2) is 38.9 Å². The smallest absolute Gasteiger partial charge is 0.320 e. The molecule has 0 saturated carbocycles. The Kier molecular flexibility index (Phi) is 6.68. The molecule has 0 amide bonds. The summed E-state index contributed by atoms with van der Waals surface area (Å²) in [6.45, 7) is 0.447. The minimum atomic E-state index is -0.819. The molecule has 0 radical (unpaired) electrons. The number of carbonyl (C=O) groups is 1. The molecular weight excluding hydrogens is 358 g/mol. The summed E-state index contributed by atoms with van der Waals surface area (Å²) in [6, 6.07) is 19.3. The van der Waals surface area contributed by atoms with Crippen molar-refractivity contribution in [2.45, 2.75) is 19.0 Å². The van der Waals surface area contributed by atoms with Crippen LogP contribution < -0.4 is 5.32 Å². The van der Waals surface area contributed by atoms with E-state index in [2.05, 4.69) is 5.32 Å². The van der Waals surface area contributed by atoms with Gasteiger partial charge in [0.2, 0.25) is 0 Å². The zero-order chi connectivity index (χ0) is 19.1. The number of hydrogen-bond acceptors (Lipinski definition) is 4. The lowest BCUT2D eigenvalue weighted by Crippen LogP contribution is -2.36. The third-order valence-corrected chi connectivity index (χ3v) is 4.95. The van der Waals surface area contributed by atoms with E-state index < -0.39 is 12.0 Å². The van der Waals surface area contributed by atoms with Gasteiger partial charge in [-0.25, -0.2) is 4.68 Å². The van der Waals surface area contributed by atoms with Gasteiger partial charge in [0.05, 0.1) is 11.4 Å². The summed E-state index contributed by atoms with van der Waals surface area (Å²) in [5.74, 6) is -0.0144. The van der Waals surface area contributed by atoms with Gasteiger partial charge in [0.25, 0.3) is 0 Å². The van der Waals surface area contributed by atoms with E-state index in [1.165, 1.54) is 0 Å². The topological polar surface area (TPSA) is 67.2 Å². The molecule has 0 fully saturated rings. The van der Waals surface area contributed by atoms with Crippen LogP contribution in [0.2, 0.25) is 0 Å². The molecule has 3 aromatic rings. The Morgan fingerprint density at radius 2 is 1.81 bits per heavy atom. The van der Waals surface area contributed by atoms with Gasteiger partial charge in [-0.2, -0.15) is 16.9 Å². The third kappa shape index (κ3) is 4.99. The number of carboxylic acids is 1. The highest BCUT2D eigenvalue weighted by molar-refractivity contribution is 7.98. The van der Waals surface area contributed by atoms with Gasteiger partial charge in [-0.3, -0.25) is 4.79 Å². The van der Waals surface area contributed by atoms with Crippen LogP contribution in [0.3, 0.4) is 0 Å². The lowest BCUT2D eigenvalue weighted by molar-refractivity contribution is -0.139. The highest BCUT2D eigenvalue weighted by Crippen LogP contribution is 2.23. The van der Waals surface area contributed by atoms with E-state index in [-0.39, 0.29) is 0 Å². The average molecular weight is 382 g/mol. The lowest BCUT2D eigenvalue weighted by atomic mass is 10.1. The highest BCUT2D eigenvalue weighted by Gasteiger charge is 2.18. The number of nitrogens with one attached hydrogen (secondary N) is 1. The largest absolute Gasteiger partial charge is 0.480 e. The van der Waals surface area contributed by atoms with Crippen molar-refractivity contribution in [1.82, 2.24) is 15.1 Å². The van der Waals surface area contributed by atoms with E-state index in [9.17, 15) is 9.90 Å². The van der Waals surface area contributed by atoms with Crippen LogP contribution in [0.4, 0.5) is 0 Å². The molecule has 0 aliphatic rings. The fourth-order valence-corrected chi connectivity index (χ4v) is 3.34. The Hall–Kier alpha value is -2.57. The van der Waals surface area contributed by atoms with Crippen LogP contribution in [0, 0.1) is 0 Å². The van der Waals surface area contributed by atoms with Crippen molar-refractivity contribution in [3.8, 4) is 16.9 Å². The average Bonchev–Trinajstić information content (AvgIpc) is 3.13. The van der Waals surface area contributed by atoms with E-state index in [4.69, 9.17) is 5.10 Å². The number of nitrogens with zero attached hydrogens (tertiary/aromatic N) is 2. The predicted octanol–water partition coefficient (Wildman–Crippen LogP) is 3.84. The van der Waals surface area contributed by atoms with E-state index in [1.807, 2.05) is 77.8 Å². The number of rotatable bonds is 9. The van der Waals surface area contributed by atoms with Gasteiger partial charge in [-0.1, -0.05) is 48.5 Å². The Bertz CT molecular complexity index is 866. The second-order valence-electron chi connectivity index (χ2n) is 6.20. The number of para-hydroxylation sites is 1. The zero-order valence-electron chi connectivity index (χ0n) is 15.2. The van der Waals surface area contributed by atoms with Gasteiger partial charge in [0.1, 0.15) is 6.04 Å². The van der Waals surface area contributed by atoms with Crippen molar-refractivity contribution < 1.29 is 9.90 Å². The van der Waals surface area contributed by atoms with Crippen molar-refractivity contribution >= 4 is 17.7 Å². The first-order chi connectivity index (χ1) is 13.2. The van der Waals surface area contributed by atoms with Gasteiger partial charge < -0.3 is 10.4 Å². The molecule has 0 bridgehead atoms. The summed E-state index contributed by atoms with van der Waals surface area (Å²) < 4.78 is 1.84. The number of hydrogen-bond donors (Lipinski definition) is 2. The number of benzene rings is 2. The summed E-state index contributed by atoms with van der Waals surface area (Å²) in [4.78, 5) is 11.5. The molecule has 0 aliphatic carbocycles. The Labute approximate surface area is 163 Å². The first-order valence-corrected chi connectivity index (χ1v) is 10.2. The molecule has 0 aliphatic heterocycles. The van der Waals surface area contributed by atoms with Crippen LogP contribution in [-0.2, 0) is 11.3 Å². The molecule has 0 saturated heterocycles. The van der Waals surface area contributed by atoms with Crippen LogP contribution in [0.5, 0.6) is 0 Å². The van der Waals surface area contributed by atoms with Crippen molar-refractivity contribution in [3.05, 3.63) is 72.4 Å². The fourth-order valence-electron chi connectivity index (χ4n) is 2.87. The Morgan fingerprint density at radius 3 is 2.44 bits per heavy atom. The summed E-state index contributed by atoms with van der Waals surface area (Å²) >= 11 is 1.65. The quantitative estimate of drug-likeness (QED) is 0.590. The molecule has 3 rings (SSSR count). The van der Waals surface area contributed by atoms with Crippen LogP contribution in [0.25, 0.3) is 16.9 Å². The molecule has 2 N–H and O–H groups in total. The van der Waals surface area contributed by atoms with Gasteiger partial charge in [-0.15, -0.1) is 0 Å². The molecule has 140 valence electrons. The van der Waals surface area contributed by atoms with Gasteiger partial charge in [-0.05, 0) is 30.6 Å². The Morgan fingerprint density at radius 1 is 1.15 bits per heavy atom. The first kappa shape index (κ1) is 19.2. The number of aliphatic carboxylic acids is 1. The van der Waals surface area contributed by atoms with E-state index in [1.54, 1.807) is 11.8 Å². The van der Waals surface area contributed by atoms with Gasteiger partial charge in [0.15, 0.2) is 0 Å². The second kappa shape index (κ2) is 9.39. The summed E-state index contributed by atoms with van der Waals surface area (Å²) in [5.41, 5.74) is 3.82. The maximum absolute atomic E-state index is 11.5. The predicted molar refractivity (Wildman–Crippen MR) is 110 cm³/mol. The minimum Gasteiger partial charge on any atom is -0.480 e. The minimum absolute atomic E-state index is 0.447. The van der Waals surface area contributed by atoms with E-state index in [0.717, 1.165) is 28.3 Å². The van der Waals surface area contributed by atoms with E-state index in [0.29, 0.717) is 13.0 Å². The number of carboxylic acid groups (broad SMARTS) is 1. The SMILES string of the molecule is CSCC[C@H](NCc1cn(-c2ccccc2)nc1-c1ccccc1)C(=O)O. The van der Waals surface area contributed by atoms with Gasteiger partial charge in [0, 0.05) is 23.9 Å². The molecule has 27 heavy (non-hydrogen) atoms.